The van der Waals surface area contributed by atoms with E-state index in [9.17, 15) is 4.79 Å². The number of carbonyl (C=O) groups excluding carboxylic acids is 1. The number of carbonyl (C=O) groups is 1. The molecule has 21 heavy (non-hydrogen) atoms. The van der Waals surface area contributed by atoms with E-state index in [4.69, 9.17) is 5.73 Å². The number of nitrogens with one attached hydrogen (secondary N) is 1. The molecule has 0 spiro atoms. The van der Waals surface area contributed by atoms with E-state index in [2.05, 4.69) is 31.1 Å². The summed E-state index contributed by atoms with van der Waals surface area (Å²) in [7, 11) is 2.20. The van der Waals surface area contributed by atoms with E-state index in [-0.39, 0.29) is 5.91 Å². The fourth-order valence-electron chi connectivity index (χ4n) is 3.35. The predicted molar refractivity (Wildman–Crippen MR) is 87.0 cm³/mol. The van der Waals surface area contributed by atoms with Crippen LogP contribution in [0.3, 0.4) is 0 Å². The maximum absolute atomic E-state index is 11.8. The Hall–Kier alpha value is -0.610. The Labute approximate surface area is 129 Å². The SMILES string of the molecule is CN(CCC(C)(NC1CC1)C(N)=O)C1CCC(C)(C)CC1. The molecule has 0 aliphatic heterocycles. The average molecular weight is 295 g/mol. The van der Waals surface area contributed by atoms with E-state index in [1.165, 1.54) is 38.5 Å². The van der Waals surface area contributed by atoms with Crippen LogP contribution < -0.4 is 11.1 Å². The lowest BCUT2D eigenvalue weighted by Gasteiger charge is -2.39. The number of nitrogens with two attached hydrogens (primary N) is 1. The molecule has 0 aromatic rings. The maximum Gasteiger partial charge on any atom is 0.237 e. The molecule has 2 fully saturated rings. The fourth-order valence-corrected chi connectivity index (χ4v) is 3.35. The van der Waals surface area contributed by atoms with Gasteiger partial charge in [-0.25, -0.2) is 0 Å². The smallest absolute Gasteiger partial charge is 0.237 e. The van der Waals surface area contributed by atoms with E-state index in [1.54, 1.807) is 0 Å². The predicted octanol–water partition coefficient (Wildman–Crippen LogP) is 2.27. The van der Waals surface area contributed by atoms with Crippen LogP contribution in [0.4, 0.5) is 0 Å². The van der Waals surface area contributed by atoms with Gasteiger partial charge in [0.05, 0.1) is 5.54 Å². The van der Waals surface area contributed by atoms with Crippen molar-refractivity contribution in [3.63, 3.8) is 0 Å². The summed E-state index contributed by atoms with van der Waals surface area (Å²) in [5, 5.41) is 3.44. The van der Waals surface area contributed by atoms with Gasteiger partial charge in [-0.15, -0.1) is 0 Å². The largest absolute Gasteiger partial charge is 0.368 e. The van der Waals surface area contributed by atoms with Gasteiger partial charge in [-0.2, -0.15) is 0 Å². The molecule has 4 nitrogen and oxygen atoms in total. The van der Waals surface area contributed by atoms with Gasteiger partial charge in [0.1, 0.15) is 0 Å². The molecule has 2 aliphatic carbocycles. The average Bonchev–Trinajstić information content (AvgIpc) is 3.19. The van der Waals surface area contributed by atoms with Crippen LogP contribution in [0.1, 0.15) is 65.7 Å². The van der Waals surface area contributed by atoms with Gasteiger partial charge in [0, 0.05) is 18.6 Å². The molecule has 2 aliphatic rings. The van der Waals surface area contributed by atoms with Gasteiger partial charge < -0.3 is 16.0 Å². The van der Waals surface area contributed by atoms with Crippen LogP contribution in [0.5, 0.6) is 0 Å². The molecule has 0 saturated heterocycles. The number of hydrogen-bond acceptors (Lipinski definition) is 3. The minimum Gasteiger partial charge on any atom is -0.368 e. The van der Waals surface area contributed by atoms with Crippen molar-refractivity contribution in [1.82, 2.24) is 10.2 Å². The highest BCUT2D eigenvalue weighted by atomic mass is 16.1. The molecular formula is C17H33N3O. The first-order valence-corrected chi connectivity index (χ1v) is 8.50. The van der Waals surface area contributed by atoms with Crippen LogP contribution in [0.25, 0.3) is 0 Å². The molecule has 2 rings (SSSR count). The first-order valence-electron chi connectivity index (χ1n) is 8.50. The number of nitrogens with zero attached hydrogens (tertiary/aromatic N) is 1. The molecule has 0 heterocycles. The third-order valence-electron chi connectivity index (χ3n) is 5.54. The van der Waals surface area contributed by atoms with Crippen molar-refractivity contribution in [3.05, 3.63) is 0 Å². The molecule has 0 aromatic carbocycles. The summed E-state index contributed by atoms with van der Waals surface area (Å²) in [5.74, 6) is -0.215. The van der Waals surface area contributed by atoms with Crippen molar-refractivity contribution in [2.45, 2.75) is 83.3 Å². The molecule has 1 atom stereocenters. The topological polar surface area (TPSA) is 58.4 Å². The minimum atomic E-state index is -0.552. The summed E-state index contributed by atoms with van der Waals surface area (Å²) in [4.78, 5) is 14.2. The zero-order chi connectivity index (χ0) is 15.7. The van der Waals surface area contributed by atoms with Gasteiger partial charge in [-0.05, 0) is 64.3 Å². The maximum atomic E-state index is 11.8. The van der Waals surface area contributed by atoms with E-state index in [0.29, 0.717) is 17.5 Å². The quantitative estimate of drug-likeness (QED) is 0.757. The third kappa shape index (κ3) is 4.68. The van der Waals surface area contributed by atoms with Crippen molar-refractivity contribution in [1.29, 1.82) is 0 Å². The molecular weight excluding hydrogens is 262 g/mol. The lowest BCUT2D eigenvalue weighted by atomic mass is 9.75. The summed E-state index contributed by atoms with van der Waals surface area (Å²) in [5.41, 5.74) is 5.58. The van der Waals surface area contributed by atoms with E-state index in [0.717, 1.165) is 13.0 Å². The Morgan fingerprint density at radius 3 is 2.33 bits per heavy atom. The summed E-state index contributed by atoms with van der Waals surface area (Å²) < 4.78 is 0. The van der Waals surface area contributed by atoms with Gasteiger partial charge in [-0.1, -0.05) is 13.8 Å². The van der Waals surface area contributed by atoms with E-state index < -0.39 is 5.54 Å². The van der Waals surface area contributed by atoms with E-state index >= 15 is 0 Å². The summed E-state index contributed by atoms with van der Waals surface area (Å²) in [6, 6.07) is 1.17. The summed E-state index contributed by atoms with van der Waals surface area (Å²) in [6.07, 6.45) is 8.30. The second-order valence-electron chi connectivity index (χ2n) is 8.24. The van der Waals surface area contributed by atoms with Gasteiger partial charge in [0.2, 0.25) is 5.91 Å². The number of hydrogen-bond donors (Lipinski definition) is 2. The van der Waals surface area contributed by atoms with E-state index in [1.807, 2.05) is 6.92 Å². The van der Waals surface area contributed by atoms with Crippen molar-refractivity contribution >= 4 is 5.91 Å². The van der Waals surface area contributed by atoms with Crippen molar-refractivity contribution in [2.75, 3.05) is 13.6 Å². The third-order valence-corrected chi connectivity index (χ3v) is 5.54. The minimum absolute atomic E-state index is 0.215. The van der Waals surface area contributed by atoms with Crippen molar-refractivity contribution in [3.8, 4) is 0 Å². The van der Waals surface area contributed by atoms with Crippen LogP contribution in [0.15, 0.2) is 0 Å². The van der Waals surface area contributed by atoms with Crippen LogP contribution in [0.2, 0.25) is 0 Å². The van der Waals surface area contributed by atoms with Gasteiger partial charge >= 0.3 is 0 Å². The first-order chi connectivity index (χ1) is 9.72. The standard InChI is InChI=1S/C17H33N3O/c1-16(2)9-7-14(8-10-16)20(4)12-11-17(3,15(18)21)19-13-5-6-13/h13-14,19H,5-12H2,1-4H3,(H2,18,21). The summed E-state index contributed by atoms with van der Waals surface area (Å²) >= 11 is 0. The molecule has 0 aromatic heterocycles. The fraction of sp³-hybridized carbons (Fsp3) is 0.941. The monoisotopic (exact) mass is 295 g/mol. The van der Waals surface area contributed by atoms with Gasteiger partial charge in [0.15, 0.2) is 0 Å². The Bertz CT molecular complexity index is 368. The number of amides is 1. The zero-order valence-corrected chi connectivity index (χ0v) is 14.2. The lowest BCUT2D eigenvalue weighted by Crippen LogP contribution is -2.55. The molecule has 3 N–H and O–H groups in total. The van der Waals surface area contributed by atoms with Crippen LogP contribution in [-0.4, -0.2) is 42.0 Å². The van der Waals surface area contributed by atoms with Gasteiger partial charge in [-0.3, -0.25) is 4.79 Å². The van der Waals surface area contributed by atoms with Crippen molar-refractivity contribution < 1.29 is 4.79 Å². The second-order valence-corrected chi connectivity index (χ2v) is 8.24. The van der Waals surface area contributed by atoms with Crippen molar-refractivity contribution in [2.24, 2.45) is 11.1 Å². The number of rotatable bonds is 7. The zero-order valence-electron chi connectivity index (χ0n) is 14.2. The molecule has 122 valence electrons. The Balaban J connectivity index is 1.81. The van der Waals surface area contributed by atoms with Crippen LogP contribution in [0, 0.1) is 5.41 Å². The Morgan fingerprint density at radius 1 is 1.29 bits per heavy atom. The van der Waals surface area contributed by atoms with Gasteiger partial charge in [0.25, 0.3) is 0 Å². The molecule has 0 radical (unpaired) electrons. The molecule has 4 heteroatoms. The van der Waals surface area contributed by atoms with Crippen LogP contribution >= 0.6 is 0 Å². The highest BCUT2D eigenvalue weighted by molar-refractivity contribution is 5.84. The molecule has 2 saturated carbocycles. The first kappa shape index (κ1) is 16.8. The summed E-state index contributed by atoms with van der Waals surface area (Å²) in [6.45, 7) is 7.63. The number of primary amides is 1. The Morgan fingerprint density at radius 2 is 1.86 bits per heavy atom. The normalized spacial score (nSPS) is 25.8. The molecule has 1 amide bonds. The second kappa shape index (κ2) is 6.25. The lowest BCUT2D eigenvalue weighted by molar-refractivity contribution is -0.124. The highest BCUT2D eigenvalue weighted by Crippen LogP contribution is 2.36. The Kier molecular flexibility index (Phi) is 4.99. The molecule has 1 unspecified atom stereocenters. The highest BCUT2D eigenvalue weighted by Gasteiger charge is 2.37. The van der Waals surface area contributed by atoms with Crippen LogP contribution in [-0.2, 0) is 4.79 Å². The molecule has 0 bridgehead atoms.